The Bertz CT molecular complexity index is 549. The Balaban J connectivity index is 2.77. The van der Waals surface area contributed by atoms with Crippen LogP contribution in [0.1, 0.15) is 56.7 Å². The number of benzene rings is 1. The highest BCUT2D eigenvalue weighted by molar-refractivity contribution is 6.30. The fourth-order valence-corrected chi connectivity index (χ4v) is 2.77. The molecule has 0 spiro atoms. The first kappa shape index (κ1) is 18.7. The van der Waals surface area contributed by atoms with Crippen LogP contribution in [0.5, 0.6) is 0 Å². The molecule has 0 saturated carbocycles. The van der Waals surface area contributed by atoms with Crippen LogP contribution >= 0.6 is 11.6 Å². The van der Waals surface area contributed by atoms with Crippen LogP contribution in [-0.2, 0) is 19.7 Å². The molecule has 0 radical (unpaired) electrons. The van der Waals surface area contributed by atoms with Gasteiger partial charge in [0.25, 0.3) is 0 Å². The van der Waals surface area contributed by atoms with Crippen molar-refractivity contribution in [1.82, 2.24) is 0 Å². The van der Waals surface area contributed by atoms with Crippen molar-refractivity contribution in [2.75, 3.05) is 0 Å². The van der Waals surface area contributed by atoms with Crippen molar-refractivity contribution < 1.29 is 14.3 Å². The Kier molecular flexibility index (Phi) is 6.61. The summed E-state index contributed by atoms with van der Waals surface area (Å²) in [4.78, 5) is 23.8. The minimum atomic E-state index is -0.752. The number of aryl methyl sites for hydroxylation is 2. The van der Waals surface area contributed by atoms with Crippen LogP contribution in [0.3, 0.4) is 0 Å². The predicted octanol–water partition coefficient (Wildman–Crippen LogP) is 4.45. The third-order valence-corrected chi connectivity index (χ3v) is 4.12. The van der Waals surface area contributed by atoms with Gasteiger partial charge < -0.3 is 4.74 Å². The third kappa shape index (κ3) is 5.13. The van der Waals surface area contributed by atoms with Crippen LogP contribution in [0.25, 0.3) is 0 Å². The zero-order valence-electron chi connectivity index (χ0n) is 14.0. The van der Waals surface area contributed by atoms with Gasteiger partial charge in [0.15, 0.2) is 0 Å². The topological polar surface area (TPSA) is 43.4 Å². The van der Waals surface area contributed by atoms with Crippen LogP contribution in [0.2, 0.25) is 0 Å². The summed E-state index contributed by atoms with van der Waals surface area (Å²) in [5, 5.41) is -0.752. The first-order valence-electron chi connectivity index (χ1n) is 7.63. The number of halogens is 1. The smallest absolute Gasteiger partial charge is 0.331 e. The number of carbonyl (C=O) groups excluding carboxylic acids is 2. The number of esters is 2. The van der Waals surface area contributed by atoms with E-state index in [1.165, 1.54) is 0 Å². The van der Waals surface area contributed by atoms with Crippen molar-refractivity contribution in [3.63, 3.8) is 0 Å². The number of alkyl halides is 1. The van der Waals surface area contributed by atoms with E-state index in [4.69, 9.17) is 16.3 Å². The second-order valence-electron chi connectivity index (χ2n) is 6.43. The van der Waals surface area contributed by atoms with E-state index in [1.807, 2.05) is 46.8 Å². The molecule has 0 fully saturated rings. The normalized spacial score (nSPS) is 12.8. The van der Waals surface area contributed by atoms with Gasteiger partial charge in [0.2, 0.25) is 0 Å². The van der Waals surface area contributed by atoms with Gasteiger partial charge in [-0.3, -0.25) is 4.79 Å². The first-order chi connectivity index (χ1) is 10.2. The van der Waals surface area contributed by atoms with Crippen LogP contribution < -0.4 is 0 Å². The second kappa shape index (κ2) is 7.77. The highest BCUT2D eigenvalue weighted by atomic mass is 35.5. The highest BCUT2D eigenvalue weighted by Gasteiger charge is 2.29. The van der Waals surface area contributed by atoms with Gasteiger partial charge in [-0.2, -0.15) is 0 Å². The lowest BCUT2D eigenvalue weighted by molar-refractivity contribution is -0.160. The Morgan fingerprint density at radius 2 is 1.91 bits per heavy atom. The molecule has 1 aromatic carbocycles. The number of ether oxygens (including phenoxy) is 1. The molecule has 1 atom stereocenters. The summed E-state index contributed by atoms with van der Waals surface area (Å²) in [5.41, 5.74) is 2.95. The monoisotopic (exact) mass is 324 g/mol. The van der Waals surface area contributed by atoms with Crippen molar-refractivity contribution in [3.8, 4) is 0 Å². The zero-order chi connectivity index (χ0) is 16.9. The summed E-state index contributed by atoms with van der Waals surface area (Å²) in [6.07, 6.45) is 1.41. The summed E-state index contributed by atoms with van der Waals surface area (Å²) < 4.78 is 4.88. The van der Waals surface area contributed by atoms with Crippen molar-refractivity contribution >= 4 is 23.5 Å². The average Bonchev–Trinajstić information content (AvgIpc) is 2.40. The lowest BCUT2D eigenvalue weighted by Crippen LogP contribution is -2.28. The van der Waals surface area contributed by atoms with Crippen molar-refractivity contribution in [2.45, 2.75) is 64.7 Å². The summed E-state index contributed by atoms with van der Waals surface area (Å²) in [6.45, 7) is 9.91. The molecule has 0 saturated heterocycles. The van der Waals surface area contributed by atoms with Crippen LogP contribution in [0, 0.1) is 13.8 Å². The number of carbonyl (C=O) groups is 2. The number of rotatable bonds is 6. The van der Waals surface area contributed by atoms with E-state index in [1.54, 1.807) is 0 Å². The fourth-order valence-electron chi connectivity index (χ4n) is 2.50. The van der Waals surface area contributed by atoms with E-state index in [-0.39, 0.29) is 6.42 Å². The van der Waals surface area contributed by atoms with E-state index >= 15 is 0 Å². The van der Waals surface area contributed by atoms with Gasteiger partial charge in [-0.05, 0) is 31.4 Å². The molecule has 22 heavy (non-hydrogen) atoms. The van der Waals surface area contributed by atoms with Gasteiger partial charge in [0, 0.05) is 5.41 Å². The molecule has 0 aliphatic carbocycles. The highest BCUT2D eigenvalue weighted by Crippen LogP contribution is 2.31. The van der Waals surface area contributed by atoms with Gasteiger partial charge in [0.1, 0.15) is 5.38 Å². The zero-order valence-corrected chi connectivity index (χ0v) is 14.8. The Hall–Kier alpha value is -1.35. The fraction of sp³-hybridized carbons (Fsp3) is 0.556. The molecule has 1 aromatic rings. The summed E-state index contributed by atoms with van der Waals surface area (Å²) in [6, 6.07) is 6.16. The molecule has 0 bridgehead atoms. The maximum Gasteiger partial charge on any atom is 0.331 e. The minimum absolute atomic E-state index is 0.138. The van der Waals surface area contributed by atoms with Gasteiger partial charge in [-0.25, -0.2) is 4.79 Å². The summed E-state index contributed by atoms with van der Waals surface area (Å²) in [7, 11) is 0. The number of hydrogen-bond donors (Lipinski definition) is 0. The van der Waals surface area contributed by atoms with Crippen LogP contribution in [-0.4, -0.2) is 17.3 Å². The van der Waals surface area contributed by atoms with Crippen LogP contribution in [0.4, 0.5) is 0 Å². The second-order valence-corrected chi connectivity index (χ2v) is 6.96. The van der Waals surface area contributed by atoms with E-state index in [2.05, 4.69) is 6.07 Å². The summed E-state index contributed by atoms with van der Waals surface area (Å²) in [5.74, 6) is -1.18. The SMILES string of the molecule is CCCC(Cl)C(=O)OC(=O)CC(C)(C)c1cc(C)ccc1C. The van der Waals surface area contributed by atoms with E-state index < -0.39 is 22.7 Å². The Morgan fingerprint density at radius 1 is 1.27 bits per heavy atom. The van der Waals surface area contributed by atoms with Crippen molar-refractivity contribution in [3.05, 3.63) is 34.9 Å². The largest absolute Gasteiger partial charge is 0.392 e. The molecular weight excluding hydrogens is 300 g/mol. The molecule has 3 nitrogen and oxygen atoms in total. The molecule has 0 aliphatic heterocycles. The lowest BCUT2D eigenvalue weighted by atomic mass is 9.79. The Labute approximate surface area is 138 Å². The first-order valence-corrected chi connectivity index (χ1v) is 8.07. The standard InChI is InChI=1S/C18H25ClO3/c1-6-7-15(19)17(21)22-16(20)11-18(4,5)14-10-12(2)8-9-13(14)3/h8-10,15H,6-7,11H2,1-5H3. The maximum atomic E-state index is 12.0. The average molecular weight is 325 g/mol. The molecule has 0 heterocycles. The van der Waals surface area contributed by atoms with Gasteiger partial charge in [-0.15, -0.1) is 11.6 Å². The van der Waals surface area contributed by atoms with E-state index in [9.17, 15) is 9.59 Å². The third-order valence-electron chi connectivity index (χ3n) is 3.72. The molecule has 0 aromatic heterocycles. The Morgan fingerprint density at radius 3 is 2.50 bits per heavy atom. The van der Waals surface area contributed by atoms with Gasteiger partial charge in [-0.1, -0.05) is 51.0 Å². The molecule has 0 N–H and O–H groups in total. The molecular formula is C18H25ClO3. The lowest BCUT2D eigenvalue weighted by Gasteiger charge is -2.26. The minimum Gasteiger partial charge on any atom is -0.392 e. The van der Waals surface area contributed by atoms with Crippen LogP contribution in [0.15, 0.2) is 18.2 Å². The van der Waals surface area contributed by atoms with E-state index in [0.29, 0.717) is 6.42 Å². The van der Waals surface area contributed by atoms with Crippen molar-refractivity contribution in [1.29, 1.82) is 0 Å². The molecule has 0 aliphatic rings. The molecule has 122 valence electrons. The quantitative estimate of drug-likeness (QED) is 0.441. The molecule has 0 amide bonds. The molecule has 1 unspecified atom stereocenters. The number of hydrogen-bond acceptors (Lipinski definition) is 3. The summed E-state index contributed by atoms with van der Waals surface area (Å²) >= 11 is 5.88. The van der Waals surface area contributed by atoms with E-state index in [0.717, 1.165) is 23.1 Å². The van der Waals surface area contributed by atoms with Gasteiger partial charge in [0.05, 0.1) is 6.42 Å². The van der Waals surface area contributed by atoms with Gasteiger partial charge >= 0.3 is 11.9 Å². The predicted molar refractivity (Wildman–Crippen MR) is 89.2 cm³/mol. The maximum absolute atomic E-state index is 12.0. The molecule has 4 heteroatoms. The van der Waals surface area contributed by atoms with Crippen molar-refractivity contribution in [2.24, 2.45) is 0 Å². The molecule has 1 rings (SSSR count).